The number of aryl methyl sites for hydroxylation is 1. The summed E-state index contributed by atoms with van der Waals surface area (Å²) in [5, 5.41) is 0. The number of carbonyl (C=O) groups is 1. The molecule has 1 aromatic heterocycles. The third-order valence-electron chi connectivity index (χ3n) is 6.78. The Morgan fingerprint density at radius 3 is 2.57 bits per heavy atom. The van der Waals surface area contributed by atoms with Gasteiger partial charge in [0.25, 0.3) is 0 Å². The molecular weight excluding hydrogens is 443 g/mol. The van der Waals surface area contributed by atoms with Crippen LogP contribution in [0.25, 0.3) is 0 Å². The molecule has 0 unspecified atom stereocenters. The summed E-state index contributed by atoms with van der Waals surface area (Å²) in [6, 6.07) is 20.7. The van der Waals surface area contributed by atoms with Crippen LogP contribution >= 0.6 is 0 Å². The van der Waals surface area contributed by atoms with Gasteiger partial charge in [0.15, 0.2) is 0 Å². The van der Waals surface area contributed by atoms with Crippen molar-refractivity contribution in [3.63, 3.8) is 0 Å². The van der Waals surface area contributed by atoms with E-state index in [-0.39, 0.29) is 11.7 Å². The minimum atomic E-state index is -0.430. The summed E-state index contributed by atoms with van der Waals surface area (Å²) in [4.78, 5) is 24.0. The van der Waals surface area contributed by atoms with Gasteiger partial charge in [-0.2, -0.15) is 0 Å². The fraction of sp³-hybridized carbons (Fsp3) is 0.357. The first kappa shape index (κ1) is 23.3. The number of rotatable bonds is 5. The third-order valence-corrected chi connectivity index (χ3v) is 6.78. The van der Waals surface area contributed by atoms with Gasteiger partial charge in [-0.1, -0.05) is 42.5 Å². The number of benzene rings is 2. The van der Waals surface area contributed by atoms with Crippen molar-refractivity contribution < 1.29 is 13.9 Å². The monoisotopic (exact) mass is 474 g/mol. The Hall–Kier alpha value is -3.45. The summed E-state index contributed by atoms with van der Waals surface area (Å²) in [5.41, 5.74) is 2.59. The predicted octanol–water partition coefficient (Wildman–Crippen LogP) is 4.20. The summed E-state index contributed by atoms with van der Waals surface area (Å²) in [6.45, 7) is 6.73. The molecule has 7 heteroatoms. The highest BCUT2D eigenvalue weighted by molar-refractivity contribution is 5.76. The van der Waals surface area contributed by atoms with Crippen LogP contribution in [-0.2, 0) is 11.3 Å². The molecular formula is C28H31FN4O2. The van der Waals surface area contributed by atoms with E-state index >= 15 is 0 Å². The number of para-hydroxylation sites is 1. The third kappa shape index (κ3) is 5.46. The topological polar surface area (TPSA) is 48.9 Å². The van der Waals surface area contributed by atoms with Gasteiger partial charge < -0.3 is 14.5 Å². The van der Waals surface area contributed by atoms with Gasteiger partial charge in [-0.15, -0.1) is 0 Å². The van der Waals surface area contributed by atoms with E-state index in [1.54, 1.807) is 12.1 Å². The normalized spacial score (nSPS) is 18.5. The Balaban J connectivity index is 1.21. The fourth-order valence-electron chi connectivity index (χ4n) is 4.85. The van der Waals surface area contributed by atoms with Crippen LogP contribution in [0.5, 0.6) is 5.75 Å². The first-order valence-electron chi connectivity index (χ1n) is 12.2. The molecule has 5 rings (SSSR count). The second kappa shape index (κ2) is 10.4. The van der Waals surface area contributed by atoms with E-state index in [4.69, 9.17) is 4.74 Å². The average Bonchev–Trinajstić information content (AvgIpc) is 3.07. The lowest BCUT2D eigenvalue weighted by molar-refractivity contribution is -0.131. The maximum Gasteiger partial charge on any atom is 0.223 e. The number of piperazine rings is 1. The summed E-state index contributed by atoms with van der Waals surface area (Å²) in [7, 11) is 0. The van der Waals surface area contributed by atoms with E-state index in [0.29, 0.717) is 44.7 Å². The zero-order chi connectivity index (χ0) is 24.2. The summed E-state index contributed by atoms with van der Waals surface area (Å²) in [5.74, 6) is 1.63. The number of halogens is 1. The number of anilines is 1. The van der Waals surface area contributed by atoms with Crippen molar-refractivity contribution in [3.8, 4) is 5.75 Å². The molecule has 182 valence electrons. The van der Waals surface area contributed by atoms with Gasteiger partial charge in [-0.3, -0.25) is 9.69 Å². The molecule has 35 heavy (non-hydrogen) atoms. The molecule has 0 N–H and O–H groups in total. The Bertz CT molecular complexity index is 1180. The van der Waals surface area contributed by atoms with Crippen molar-refractivity contribution in [2.24, 2.45) is 0 Å². The Labute approximate surface area is 205 Å². The fourth-order valence-corrected chi connectivity index (χ4v) is 4.85. The van der Waals surface area contributed by atoms with E-state index < -0.39 is 6.10 Å². The standard InChI is InChI=1S/C28H31FN4O2/c1-21-7-6-12-27(30-21)32-15-17-33(18-16-32)28(34)13-14-31-19-22-8-2-5-11-25(22)35-26(20-31)23-9-3-4-10-24(23)29/h2-12,26H,13-20H2,1H3/t26-/m1/s1. The molecule has 1 fully saturated rings. The quantitative estimate of drug-likeness (QED) is 0.555. The smallest absolute Gasteiger partial charge is 0.223 e. The lowest BCUT2D eigenvalue weighted by Crippen LogP contribution is -2.49. The number of amides is 1. The molecule has 0 radical (unpaired) electrons. The molecule has 0 saturated carbocycles. The summed E-state index contributed by atoms with van der Waals surface area (Å²) in [6.07, 6.45) is -0.00480. The molecule has 2 aliphatic heterocycles. The lowest BCUT2D eigenvalue weighted by Gasteiger charge is -2.36. The van der Waals surface area contributed by atoms with Gasteiger partial charge in [0, 0.05) is 69.1 Å². The molecule has 0 bridgehead atoms. The number of aromatic nitrogens is 1. The molecule has 0 aliphatic carbocycles. The zero-order valence-electron chi connectivity index (χ0n) is 20.1. The largest absolute Gasteiger partial charge is 0.484 e. The number of ether oxygens (including phenoxy) is 1. The van der Waals surface area contributed by atoms with Crippen LogP contribution in [0.15, 0.2) is 66.7 Å². The molecule has 2 aliphatic rings. The number of hydrogen-bond donors (Lipinski definition) is 0. The van der Waals surface area contributed by atoms with Gasteiger partial charge in [-0.25, -0.2) is 9.37 Å². The summed E-state index contributed by atoms with van der Waals surface area (Å²) >= 11 is 0. The highest BCUT2D eigenvalue weighted by Crippen LogP contribution is 2.32. The van der Waals surface area contributed by atoms with Crippen LogP contribution in [0, 0.1) is 12.7 Å². The Kier molecular flexibility index (Phi) is 6.95. The first-order chi connectivity index (χ1) is 17.1. The molecule has 3 heterocycles. The number of pyridine rings is 1. The van der Waals surface area contributed by atoms with Crippen molar-refractivity contribution in [1.29, 1.82) is 0 Å². The summed E-state index contributed by atoms with van der Waals surface area (Å²) < 4.78 is 20.8. The second-order valence-electron chi connectivity index (χ2n) is 9.23. The molecule has 1 amide bonds. The van der Waals surface area contributed by atoms with Crippen molar-refractivity contribution in [2.75, 3.05) is 44.2 Å². The van der Waals surface area contributed by atoms with Gasteiger partial charge >= 0.3 is 0 Å². The maximum absolute atomic E-state index is 14.6. The minimum absolute atomic E-state index is 0.155. The average molecular weight is 475 g/mol. The van der Waals surface area contributed by atoms with Crippen LogP contribution in [0.1, 0.15) is 29.3 Å². The van der Waals surface area contributed by atoms with E-state index in [2.05, 4.69) is 14.8 Å². The SMILES string of the molecule is Cc1cccc(N2CCN(C(=O)CCN3Cc4ccccc4O[C@@H](c4ccccc4F)C3)CC2)n1. The second-order valence-corrected chi connectivity index (χ2v) is 9.23. The van der Waals surface area contributed by atoms with Crippen molar-refractivity contribution >= 4 is 11.7 Å². The van der Waals surface area contributed by atoms with Gasteiger partial charge in [0.2, 0.25) is 5.91 Å². The van der Waals surface area contributed by atoms with Crippen LogP contribution in [0.3, 0.4) is 0 Å². The van der Waals surface area contributed by atoms with Crippen LogP contribution < -0.4 is 9.64 Å². The predicted molar refractivity (Wildman–Crippen MR) is 134 cm³/mol. The zero-order valence-corrected chi connectivity index (χ0v) is 20.1. The van der Waals surface area contributed by atoms with E-state index in [0.717, 1.165) is 35.9 Å². The van der Waals surface area contributed by atoms with Crippen molar-refractivity contribution in [3.05, 3.63) is 89.4 Å². The van der Waals surface area contributed by atoms with Gasteiger partial charge in [-0.05, 0) is 31.2 Å². The first-order valence-corrected chi connectivity index (χ1v) is 12.2. The molecule has 2 aromatic carbocycles. The van der Waals surface area contributed by atoms with Crippen LogP contribution in [0.4, 0.5) is 10.2 Å². The van der Waals surface area contributed by atoms with E-state index in [9.17, 15) is 9.18 Å². The van der Waals surface area contributed by atoms with Crippen molar-refractivity contribution in [1.82, 2.24) is 14.8 Å². The Morgan fingerprint density at radius 1 is 1.00 bits per heavy atom. The molecule has 1 saturated heterocycles. The molecule has 3 aromatic rings. The molecule has 6 nitrogen and oxygen atoms in total. The van der Waals surface area contributed by atoms with Crippen LogP contribution in [0.2, 0.25) is 0 Å². The highest BCUT2D eigenvalue weighted by Gasteiger charge is 2.27. The van der Waals surface area contributed by atoms with Gasteiger partial charge in [0.05, 0.1) is 0 Å². The number of fused-ring (bicyclic) bond motifs is 1. The number of hydrogen-bond acceptors (Lipinski definition) is 5. The van der Waals surface area contributed by atoms with Gasteiger partial charge in [0.1, 0.15) is 23.5 Å². The number of carbonyl (C=O) groups excluding carboxylic acids is 1. The Morgan fingerprint density at radius 2 is 1.77 bits per heavy atom. The highest BCUT2D eigenvalue weighted by atomic mass is 19.1. The molecule has 1 atom stereocenters. The van der Waals surface area contributed by atoms with E-state index in [1.165, 1.54) is 6.07 Å². The number of nitrogens with zero attached hydrogens (tertiary/aromatic N) is 4. The van der Waals surface area contributed by atoms with Crippen LogP contribution in [-0.4, -0.2) is 60.0 Å². The lowest BCUT2D eigenvalue weighted by atomic mass is 10.1. The van der Waals surface area contributed by atoms with E-state index in [1.807, 2.05) is 60.4 Å². The molecule has 0 spiro atoms. The maximum atomic E-state index is 14.6. The minimum Gasteiger partial charge on any atom is -0.484 e. The van der Waals surface area contributed by atoms with Crippen molar-refractivity contribution in [2.45, 2.75) is 26.0 Å².